The van der Waals surface area contributed by atoms with Gasteiger partial charge in [0, 0.05) is 19.2 Å². The fourth-order valence-electron chi connectivity index (χ4n) is 3.26. The summed E-state index contributed by atoms with van der Waals surface area (Å²) < 4.78 is 27.3. The van der Waals surface area contributed by atoms with Gasteiger partial charge in [0.05, 0.1) is 17.8 Å². The highest BCUT2D eigenvalue weighted by Crippen LogP contribution is 2.26. The van der Waals surface area contributed by atoms with Crippen LogP contribution in [0.1, 0.15) is 25.0 Å². The van der Waals surface area contributed by atoms with Crippen molar-refractivity contribution in [3.05, 3.63) is 36.4 Å². The highest BCUT2D eigenvalue weighted by molar-refractivity contribution is 5.77. The van der Waals surface area contributed by atoms with Crippen molar-refractivity contribution in [1.29, 1.82) is 0 Å². The summed E-state index contributed by atoms with van der Waals surface area (Å²) in [5.41, 5.74) is 6.54. The number of carbonyl (C=O) groups excluding carboxylic acids is 1. The Morgan fingerprint density at radius 2 is 2.11 bits per heavy atom. The lowest BCUT2D eigenvalue weighted by Crippen LogP contribution is -2.41. The molecule has 27 heavy (non-hydrogen) atoms. The Labute approximate surface area is 153 Å². The number of piperidine rings is 1. The number of amides is 1. The van der Waals surface area contributed by atoms with Crippen LogP contribution in [-0.2, 0) is 4.79 Å². The van der Waals surface area contributed by atoms with E-state index in [-0.39, 0.29) is 17.5 Å². The van der Waals surface area contributed by atoms with Gasteiger partial charge in [0.2, 0.25) is 5.91 Å². The minimum Gasteiger partial charge on any atom is -0.369 e. The van der Waals surface area contributed by atoms with Crippen LogP contribution in [0.15, 0.2) is 30.7 Å². The maximum atomic E-state index is 13.0. The zero-order valence-electron chi connectivity index (χ0n) is 14.3. The molecule has 4 heterocycles. The number of hydrogen-bond donors (Lipinski definition) is 1. The predicted octanol–water partition coefficient (Wildman–Crippen LogP) is 1.83. The van der Waals surface area contributed by atoms with Gasteiger partial charge in [-0.15, -0.1) is 0 Å². The van der Waals surface area contributed by atoms with E-state index >= 15 is 0 Å². The number of hydrogen-bond acceptors (Lipinski definition) is 6. The van der Waals surface area contributed by atoms with Crippen molar-refractivity contribution in [3.63, 3.8) is 0 Å². The first-order valence-corrected chi connectivity index (χ1v) is 8.52. The highest BCUT2D eigenvalue weighted by Gasteiger charge is 2.25. The lowest BCUT2D eigenvalue weighted by atomic mass is 9.97. The molecular formula is C17H17F2N7O. The van der Waals surface area contributed by atoms with Crippen molar-refractivity contribution in [3.8, 4) is 11.4 Å². The molecule has 8 nitrogen and oxygen atoms in total. The molecule has 0 bridgehead atoms. The van der Waals surface area contributed by atoms with Gasteiger partial charge < -0.3 is 10.6 Å². The van der Waals surface area contributed by atoms with Gasteiger partial charge in [-0.3, -0.25) is 4.79 Å². The van der Waals surface area contributed by atoms with E-state index < -0.39 is 6.43 Å². The van der Waals surface area contributed by atoms with Crippen molar-refractivity contribution in [2.75, 3.05) is 18.0 Å². The Balaban J connectivity index is 1.69. The molecule has 1 atom stereocenters. The first-order chi connectivity index (χ1) is 13.0. The van der Waals surface area contributed by atoms with Gasteiger partial charge in [-0.1, -0.05) is 0 Å². The average Bonchev–Trinajstić information content (AvgIpc) is 3.11. The Hall–Kier alpha value is -3.17. The monoisotopic (exact) mass is 373 g/mol. The lowest BCUT2D eigenvalue weighted by molar-refractivity contribution is -0.122. The van der Waals surface area contributed by atoms with Crippen LogP contribution in [0.5, 0.6) is 0 Å². The Kier molecular flexibility index (Phi) is 4.38. The molecule has 140 valence electrons. The summed E-state index contributed by atoms with van der Waals surface area (Å²) in [7, 11) is 0. The molecule has 0 spiro atoms. The molecule has 4 rings (SSSR count). The van der Waals surface area contributed by atoms with Gasteiger partial charge in [0.25, 0.3) is 6.43 Å². The lowest BCUT2D eigenvalue weighted by Gasteiger charge is -2.32. The van der Waals surface area contributed by atoms with E-state index in [1.165, 1.54) is 29.2 Å². The van der Waals surface area contributed by atoms with Gasteiger partial charge >= 0.3 is 0 Å². The van der Waals surface area contributed by atoms with E-state index in [1.54, 1.807) is 6.07 Å². The number of anilines is 1. The van der Waals surface area contributed by atoms with Gasteiger partial charge in [0.15, 0.2) is 5.65 Å². The van der Waals surface area contributed by atoms with Crippen LogP contribution >= 0.6 is 0 Å². The summed E-state index contributed by atoms with van der Waals surface area (Å²) in [5.74, 6) is 0.105. The number of primary amides is 1. The van der Waals surface area contributed by atoms with Crippen LogP contribution in [0.4, 0.5) is 14.6 Å². The molecule has 1 fully saturated rings. The molecule has 1 unspecified atom stereocenters. The van der Waals surface area contributed by atoms with Crippen molar-refractivity contribution < 1.29 is 13.6 Å². The number of carbonyl (C=O) groups is 1. The van der Waals surface area contributed by atoms with Crippen molar-refractivity contribution in [1.82, 2.24) is 24.6 Å². The summed E-state index contributed by atoms with van der Waals surface area (Å²) >= 11 is 0. The largest absolute Gasteiger partial charge is 0.369 e. The second-order valence-electron chi connectivity index (χ2n) is 6.42. The topological polar surface area (TPSA) is 102 Å². The Bertz CT molecular complexity index is 990. The Morgan fingerprint density at radius 1 is 1.26 bits per heavy atom. The SMILES string of the molecule is NC(=O)C1CCCN(c2cc(-c3cnc4ccc(C(F)F)nn34)ncn2)C1. The molecule has 1 saturated heterocycles. The van der Waals surface area contributed by atoms with Crippen LogP contribution in [0.2, 0.25) is 0 Å². The predicted molar refractivity (Wildman–Crippen MR) is 93.1 cm³/mol. The van der Waals surface area contributed by atoms with Gasteiger partial charge in [-0.25, -0.2) is 28.2 Å². The van der Waals surface area contributed by atoms with E-state index in [0.29, 0.717) is 29.4 Å². The van der Waals surface area contributed by atoms with Crippen LogP contribution in [0.25, 0.3) is 17.0 Å². The molecule has 3 aromatic rings. The number of nitrogens with two attached hydrogens (primary N) is 1. The molecule has 0 aliphatic carbocycles. The van der Waals surface area contributed by atoms with Crippen LogP contribution < -0.4 is 10.6 Å². The highest BCUT2D eigenvalue weighted by atomic mass is 19.3. The second-order valence-corrected chi connectivity index (χ2v) is 6.42. The average molecular weight is 373 g/mol. The first kappa shape index (κ1) is 17.3. The summed E-state index contributed by atoms with van der Waals surface area (Å²) in [6.45, 7) is 1.24. The van der Waals surface area contributed by atoms with Gasteiger partial charge in [-0.05, 0) is 25.0 Å². The number of halogens is 2. The van der Waals surface area contributed by atoms with E-state index in [1.807, 2.05) is 4.90 Å². The quantitative estimate of drug-likeness (QED) is 0.748. The van der Waals surface area contributed by atoms with E-state index in [2.05, 4.69) is 20.1 Å². The molecule has 2 N–H and O–H groups in total. The third-order valence-electron chi connectivity index (χ3n) is 4.67. The van der Waals surface area contributed by atoms with Crippen LogP contribution in [0.3, 0.4) is 0 Å². The summed E-state index contributed by atoms with van der Waals surface area (Å²) in [4.78, 5) is 26.2. The standard InChI is InChI=1S/C17H17F2N7O/c18-16(19)11-3-4-14-21-7-13(26(14)24-11)12-6-15(23-9-22-12)25-5-1-2-10(8-25)17(20)27/h3-4,6-7,9-10,16H,1-2,5,8H2,(H2,20,27). The van der Waals surface area contributed by atoms with Crippen molar-refractivity contribution >= 4 is 17.4 Å². The molecule has 1 amide bonds. The smallest absolute Gasteiger partial charge is 0.282 e. The number of aromatic nitrogens is 5. The molecule has 1 aliphatic heterocycles. The Morgan fingerprint density at radius 3 is 2.89 bits per heavy atom. The van der Waals surface area contributed by atoms with Crippen molar-refractivity contribution in [2.45, 2.75) is 19.3 Å². The van der Waals surface area contributed by atoms with E-state index in [9.17, 15) is 13.6 Å². The number of fused-ring (bicyclic) bond motifs is 1. The zero-order valence-corrected chi connectivity index (χ0v) is 14.3. The van der Waals surface area contributed by atoms with Gasteiger partial charge in [-0.2, -0.15) is 5.10 Å². The minimum atomic E-state index is -2.68. The third-order valence-corrected chi connectivity index (χ3v) is 4.67. The van der Waals surface area contributed by atoms with E-state index in [4.69, 9.17) is 5.73 Å². The summed E-state index contributed by atoms with van der Waals surface area (Å²) in [6.07, 6.45) is 1.85. The molecule has 0 radical (unpaired) electrons. The summed E-state index contributed by atoms with van der Waals surface area (Å²) in [5, 5.41) is 3.96. The molecule has 0 saturated carbocycles. The fraction of sp³-hybridized carbons (Fsp3) is 0.353. The maximum absolute atomic E-state index is 13.0. The number of rotatable bonds is 4. The second kappa shape index (κ2) is 6.86. The van der Waals surface area contributed by atoms with Crippen LogP contribution in [0, 0.1) is 5.92 Å². The fourth-order valence-corrected chi connectivity index (χ4v) is 3.26. The number of alkyl halides is 2. The van der Waals surface area contributed by atoms with Crippen molar-refractivity contribution in [2.24, 2.45) is 11.7 Å². The molecule has 3 aromatic heterocycles. The van der Waals surface area contributed by atoms with Crippen LogP contribution in [-0.4, -0.2) is 43.6 Å². The zero-order chi connectivity index (χ0) is 19.0. The third kappa shape index (κ3) is 3.29. The first-order valence-electron chi connectivity index (χ1n) is 8.52. The number of imidazole rings is 1. The molecular weight excluding hydrogens is 356 g/mol. The van der Waals surface area contributed by atoms with E-state index in [0.717, 1.165) is 19.4 Å². The minimum absolute atomic E-state index is 0.219. The summed E-state index contributed by atoms with van der Waals surface area (Å²) in [6, 6.07) is 4.48. The molecule has 0 aromatic carbocycles. The van der Waals surface area contributed by atoms with Gasteiger partial charge in [0.1, 0.15) is 23.5 Å². The number of nitrogens with zero attached hydrogens (tertiary/aromatic N) is 6. The maximum Gasteiger partial charge on any atom is 0.282 e. The normalized spacial score (nSPS) is 17.6. The molecule has 10 heteroatoms. The molecule has 1 aliphatic rings.